The highest BCUT2D eigenvalue weighted by molar-refractivity contribution is 5.95. The number of amides is 1. The van der Waals surface area contributed by atoms with Gasteiger partial charge in [0, 0.05) is 6.04 Å². The SMILES string of the molecule is Cc1nc(C(F)(F)F)ccc1C(=O)NC1CCC(C)CC1. The fourth-order valence-corrected chi connectivity index (χ4v) is 2.63. The number of pyridine rings is 1. The monoisotopic (exact) mass is 300 g/mol. The molecule has 0 radical (unpaired) electrons. The average molecular weight is 300 g/mol. The Morgan fingerprint density at radius 1 is 1.24 bits per heavy atom. The minimum Gasteiger partial charge on any atom is -0.349 e. The van der Waals surface area contributed by atoms with Gasteiger partial charge in [0.05, 0.1) is 11.3 Å². The summed E-state index contributed by atoms with van der Waals surface area (Å²) >= 11 is 0. The minimum atomic E-state index is -4.49. The van der Waals surface area contributed by atoms with Gasteiger partial charge in [-0.3, -0.25) is 4.79 Å². The zero-order chi connectivity index (χ0) is 15.6. The van der Waals surface area contributed by atoms with E-state index in [-0.39, 0.29) is 23.2 Å². The molecule has 116 valence electrons. The van der Waals surface area contributed by atoms with E-state index in [1.165, 1.54) is 13.0 Å². The van der Waals surface area contributed by atoms with Gasteiger partial charge in [0.25, 0.3) is 5.91 Å². The molecule has 1 saturated carbocycles. The lowest BCUT2D eigenvalue weighted by molar-refractivity contribution is -0.141. The number of nitrogens with one attached hydrogen (secondary N) is 1. The Bertz CT molecular complexity index is 520. The molecule has 1 aliphatic rings. The number of aromatic nitrogens is 1. The summed E-state index contributed by atoms with van der Waals surface area (Å²) in [4.78, 5) is 15.6. The molecule has 3 nitrogen and oxygen atoms in total. The molecule has 0 unspecified atom stereocenters. The van der Waals surface area contributed by atoms with Crippen molar-refractivity contribution in [1.29, 1.82) is 0 Å². The van der Waals surface area contributed by atoms with Crippen LogP contribution >= 0.6 is 0 Å². The zero-order valence-electron chi connectivity index (χ0n) is 12.1. The van der Waals surface area contributed by atoms with Crippen LogP contribution in [-0.4, -0.2) is 16.9 Å². The summed E-state index contributed by atoms with van der Waals surface area (Å²) in [5.74, 6) is 0.334. The molecule has 0 aliphatic heterocycles. The van der Waals surface area contributed by atoms with Crippen LogP contribution in [0.2, 0.25) is 0 Å². The number of rotatable bonds is 2. The number of hydrogen-bond donors (Lipinski definition) is 1. The fourth-order valence-electron chi connectivity index (χ4n) is 2.63. The standard InChI is InChI=1S/C15H19F3N2O/c1-9-3-5-11(6-4-9)20-14(21)12-7-8-13(15(16,17)18)19-10(12)2/h7-9,11H,3-6H2,1-2H3,(H,20,21). The van der Waals surface area contributed by atoms with Gasteiger partial charge in [-0.2, -0.15) is 13.2 Å². The predicted molar refractivity (Wildman–Crippen MR) is 72.9 cm³/mol. The molecular formula is C15H19F3N2O. The Labute approximate surface area is 122 Å². The third kappa shape index (κ3) is 3.95. The molecule has 0 saturated heterocycles. The number of halogens is 3. The first kappa shape index (κ1) is 15.8. The van der Waals surface area contributed by atoms with Crippen LogP contribution in [0.4, 0.5) is 13.2 Å². The van der Waals surface area contributed by atoms with E-state index in [0.29, 0.717) is 5.92 Å². The summed E-state index contributed by atoms with van der Waals surface area (Å²) in [6.07, 6.45) is -0.524. The summed E-state index contributed by atoms with van der Waals surface area (Å²) < 4.78 is 37.6. The molecule has 1 aliphatic carbocycles. The Kier molecular flexibility index (Phi) is 4.54. The molecule has 1 heterocycles. The van der Waals surface area contributed by atoms with E-state index in [1.54, 1.807) is 0 Å². The molecule has 1 N–H and O–H groups in total. The number of aryl methyl sites for hydroxylation is 1. The maximum absolute atomic E-state index is 12.5. The van der Waals surface area contributed by atoms with E-state index >= 15 is 0 Å². The topological polar surface area (TPSA) is 42.0 Å². The van der Waals surface area contributed by atoms with Crippen LogP contribution in [0.5, 0.6) is 0 Å². The Morgan fingerprint density at radius 3 is 2.38 bits per heavy atom. The van der Waals surface area contributed by atoms with Gasteiger partial charge in [0.15, 0.2) is 0 Å². The highest BCUT2D eigenvalue weighted by Gasteiger charge is 2.33. The highest BCUT2D eigenvalue weighted by atomic mass is 19.4. The number of nitrogens with zero attached hydrogens (tertiary/aromatic N) is 1. The van der Waals surface area contributed by atoms with Gasteiger partial charge >= 0.3 is 6.18 Å². The number of alkyl halides is 3. The molecule has 6 heteroatoms. The first-order valence-electron chi connectivity index (χ1n) is 7.13. The lowest BCUT2D eigenvalue weighted by Crippen LogP contribution is -2.37. The van der Waals surface area contributed by atoms with Crippen molar-refractivity contribution in [1.82, 2.24) is 10.3 Å². The summed E-state index contributed by atoms with van der Waals surface area (Å²) in [6.45, 7) is 3.61. The second kappa shape index (κ2) is 6.03. The minimum absolute atomic E-state index is 0.103. The Balaban J connectivity index is 2.06. The van der Waals surface area contributed by atoms with Crippen LogP contribution in [0.3, 0.4) is 0 Å². The van der Waals surface area contributed by atoms with Gasteiger partial charge in [-0.1, -0.05) is 6.92 Å². The van der Waals surface area contributed by atoms with Crippen LogP contribution in [0.25, 0.3) is 0 Å². The summed E-state index contributed by atoms with van der Waals surface area (Å²) in [7, 11) is 0. The van der Waals surface area contributed by atoms with Crippen LogP contribution in [0.15, 0.2) is 12.1 Å². The molecule has 0 bridgehead atoms. The summed E-state index contributed by atoms with van der Waals surface area (Å²) in [5.41, 5.74) is -0.656. The fraction of sp³-hybridized carbons (Fsp3) is 0.600. The van der Waals surface area contributed by atoms with Crippen molar-refractivity contribution in [3.8, 4) is 0 Å². The van der Waals surface area contributed by atoms with Crippen molar-refractivity contribution >= 4 is 5.91 Å². The van der Waals surface area contributed by atoms with Gasteiger partial charge < -0.3 is 5.32 Å². The molecule has 2 rings (SSSR count). The van der Waals surface area contributed by atoms with Crippen LogP contribution < -0.4 is 5.32 Å². The van der Waals surface area contributed by atoms with Crippen molar-refractivity contribution < 1.29 is 18.0 Å². The van der Waals surface area contributed by atoms with E-state index < -0.39 is 11.9 Å². The third-order valence-corrected chi connectivity index (χ3v) is 3.97. The zero-order valence-corrected chi connectivity index (χ0v) is 12.1. The number of hydrogen-bond acceptors (Lipinski definition) is 2. The molecule has 1 amide bonds. The average Bonchev–Trinajstić information content (AvgIpc) is 2.40. The van der Waals surface area contributed by atoms with E-state index in [9.17, 15) is 18.0 Å². The van der Waals surface area contributed by atoms with Gasteiger partial charge in [-0.05, 0) is 50.7 Å². The van der Waals surface area contributed by atoms with Crippen molar-refractivity contribution in [2.24, 2.45) is 5.92 Å². The van der Waals surface area contributed by atoms with Crippen molar-refractivity contribution in [3.05, 3.63) is 29.1 Å². The quantitative estimate of drug-likeness (QED) is 0.904. The number of carbonyl (C=O) groups is 1. The van der Waals surface area contributed by atoms with Crippen LogP contribution in [-0.2, 0) is 6.18 Å². The molecule has 0 atom stereocenters. The van der Waals surface area contributed by atoms with Gasteiger partial charge in [0.1, 0.15) is 5.69 Å². The van der Waals surface area contributed by atoms with E-state index in [0.717, 1.165) is 31.7 Å². The molecule has 1 aromatic heterocycles. The lowest BCUT2D eigenvalue weighted by Gasteiger charge is -2.27. The van der Waals surface area contributed by atoms with E-state index in [4.69, 9.17) is 0 Å². The normalized spacial score (nSPS) is 22.9. The molecule has 0 aromatic carbocycles. The molecular weight excluding hydrogens is 281 g/mol. The molecule has 1 fully saturated rings. The van der Waals surface area contributed by atoms with Crippen molar-refractivity contribution in [2.45, 2.75) is 51.7 Å². The second-order valence-electron chi connectivity index (χ2n) is 5.76. The predicted octanol–water partition coefficient (Wildman–Crippen LogP) is 3.72. The Hall–Kier alpha value is -1.59. The van der Waals surface area contributed by atoms with Crippen LogP contribution in [0.1, 0.15) is 54.4 Å². The maximum atomic E-state index is 12.5. The smallest absolute Gasteiger partial charge is 0.349 e. The maximum Gasteiger partial charge on any atom is 0.433 e. The largest absolute Gasteiger partial charge is 0.433 e. The first-order chi connectivity index (χ1) is 9.77. The van der Waals surface area contributed by atoms with E-state index in [1.807, 2.05) is 0 Å². The van der Waals surface area contributed by atoms with Gasteiger partial charge in [-0.15, -0.1) is 0 Å². The van der Waals surface area contributed by atoms with Crippen molar-refractivity contribution in [2.75, 3.05) is 0 Å². The summed E-state index contributed by atoms with van der Waals surface area (Å²) in [6, 6.07) is 2.16. The molecule has 0 spiro atoms. The second-order valence-corrected chi connectivity index (χ2v) is 5.76. The van der Waals surface area contributed by atoms with Crippen molar-refractivity contribution in [3.63, 3.8) is 0 Å². The molecule has 21 heavy (non-hydrogen) atoms. The lowest BCUT2D eigenvalue weighted by atomic mass is 9.87. The van der Waals surface area contributed by atoms with Crippen LogP contribution in [0, 0.1) is 12.8 Å². The van der Waals surface area contributed by atoms with Gasteiger partial charge in [0.2, 0.25) is 0 Å². The van der Waals surface area contributed by atoms with Gasteiger partial charge in [-0.25, -0.2) is 4.98 Å². The molecule has 1 aromatic rings. The van der Waals surface area contributed by atoms with E-state index in [2.05, 4.69) is 17.2 Å². The highest BCUT2D eigenvalue weighted by Crippen LogP contribution is 2.28. The summed E-state index contributed by atoms with van der Waals surface area (Å²) in [5, 5.41) is 2.89. The third-order valence-electron chi connectivity index (χ3n) is 3.97. The first-order valence-corrected chi connectivity index (χ1v) is 7.13. The number of carbonyl (C=O) groups excluding carboxylic acids is 1. The Morgan fingerprint density at radius 2 is 1.86 bits per heavy atom.